The van der Waals surface area contributed by atoms with Gasteiger partial charge in [0.1, 0.15) is 11.6 Å². The molecule has 1 N–H and O–H groups in total. The lowest BCUT2D eigenvalue weighted by molar-refractivity contribution is 0.509. The predicted molar refractivity (Wildman–Crippen MR) is 82.1 cm³/mol. The molecule has 0 aliphatic carbocycles. The number of fused-ring (bicyclic) bond motifs is 3. The summed E-state index contributed by atoms with van der Waals surface area (Å²) in [7, 11) is 0. The summed E-state index contributed by atoms with van der Waals surface area (Å²) in [5.74, 6) is 1.14. The topological polar surface area (TPSA) is 29.9 Å². The Labute approximate surface area is 122 Å². The molecule has 3 aromatic rings. The van der Waals surface area contributed by atoms with Crippen molar-refractivity contribution >= 4 is 16.7 Å². The predicted octanol–water partition coefficient (Wildman–Crippen LogP) is 3.69. The van der Waals surface area contributed by atoms with Gasteiger partial charge in [0.2, 0.25) is 0 Å². The van der Waals surface area contributed by atoms with E-state index in [2.05, 4.69) is 41.6 Å². The van der Waals surface area contributed by atoms with E-state index in [1.165, 1.54) is 23.3 Å². The second kappa shape index (κ2) is 4.58. The highest BCUT2D eigenvalue weighted by Gasteiger charge is 2.22. The van der Waals surface area contributed by atoms with Gasteiger partial charge in [-0.05, 0) is 24.6 Å². The number of aromatic nitrogens is 2. The first-order valence-corrected chi connectivity index (χ1v) is 7.17. The number of nitrogens with one attached hydrogen (secondary N) is 1. The molecule has 0 radical (unpaired) electrons. The van der Waals surface area contributed by atoms with Gasteiger partial charge in [0, 0.05) is 23.9 Å². The van der Waals surface area contributed by atoms with Gasteiger partial charge in [-0.1, -0.05) is 29.8 Å². The average Bonchev–Trinajstić information content (AvgIpc) is 2.84. The third-order valence-corrected chi connectivity index (χ3v) is 4.16. The van der Waals surface area contributed by atoms with Gasteiger partial charge in [0.05, 0.1) is 12.1 Å². The van der Waals surface area contributed by atoms with Crippen LogP contribution in [0, 0.1) is 12.7 Å². The lowest BCUT2D eigenvalue weighted by atomic mass is 9.97. The highest BCUT2D eigenvalue weighted by molar-refractivity contribution is 5.90. The standard InChI is InChI=1S/C17H16FN3/c1-11-2-4-12(5-3-11)13-9-19-17-15-7-6-14(18)8-16(15)20-21(17)10-13/h2-8,13,19H,9-10H2,1H3. The largest absolute Gasteiger partial charge is 0.369 e. The van der Waals surface area contributed by atoms with Crippen molar-refractivity contribution in [3.63, 3.8) is 0 Å². The monoisotopic (exact) mass is 281 g/mol. The normalized spacial score (nSPS) is 17.5. The van der Waals surface area contributed by atoms with Crippen molar-refractivity contribution in [3.05, 3.63) is 59.4 Å². The first-order valence-electron chi connectivity index (χ1n) is 7.17. The molecular formula is C17H16FN3. The molecule has 3 nitrogen and oxygen atoms in total. The highest BCUT2D eigenvalue weighted by atomic mass is 19.1. The Morgan fingerprint density at radius 3 is 2.81 bits per heavy atom. The maximum Gasteiger partial charge on any atom is 0.132 e. The number of aryl methyl sites for hydroxylation is 1. The minimum Gasteiger partial charge on any atom is -0.369 e. The van der Waals surface area contributed by atoms with Crippen LogP contribution in [0.15, 0.2) is 42.5 Å². The molecule has 106 valence electrons. The van der Waals surface area contributed by atoms with Crippen LogP contribution < -0.4 is 5.32 Å². The van der Waals surface area contributed by atoms with Crippen molar-refractivity contribution in [2.24, 2.45) is 0 Å². The second-order valence-corrected chi connectivity index (χ2v) is 5.68. The molecule has 1 aliphatic rings. The highest BCUT2D eigenvalue weighted by Crippen LogP contribution is 2.31. The van der Waals surface area contributed by atoms with Gasteiger partial charge < -0.3 is 5.32 Å². The molecule has 1 atom stereocenters. The molecule has 1 aromatic heterocycles. The maximum absolute atomic E-state index is 13.3. The Hall–Kier alpha value is -2.36. The fourth-order valence-corrected chi connectivity index (χ4v) is 2.98. The van der Waals surface area contributed by atoms with Crippen molar-refractivity contribution < 1.29 is 4.39 Å². The van der Waals surface area contributed by atoms with Crippen LogP contribution in [-0.2, 0) is 6.54 Å². The van der Waals surface area contributed by atoms with Crippen LogP contribution in [0.25, 0.3) is 10.9 Å². The number of rotatable bonds is 1. The van der Waals surface area contributed by atoms with E-state index in [0.29, 0.717) is 11.4 Å². The van der Waals surface area contributed by atoms with E-state index >= 15 is 0 Å². The van der Waals surface area contributed by atoms with Crippen molar-refractivity contribution in [1.29, 1.82) is 0 Å². The quantitative estimate of drug-likeness (QED) is 0.737. The molecule has 0 bridgehead atoms. The lowest BCUT2D eigenvalue weighted by Crippen LogP contribution is -2.26. The Morgan fingerprint density at radius 2 is 2.00 bits per heavy atom. The fraction of sp³-hybridized carbons (Fsp3) is 0.235. The third kappa shape index (κ3) is 2.07. The van der Waals surface area contributed by atoms with Crippen LogP contribution in [0.5, 0.6) is 0 Å². The number of nitrogens with zero attached hydrogens (tertiary/aromatic N) is 2. The zero-order valence-corrected chi connectivity index (χ0v) is 11.8. The van der Waals surface area contributed by atoms with Crippen LogP contribution in [0.2, 0.25) is 0 Å². The molecule has 0 spiro atoms. The molecule has 4 rings (SSSR count). The van der Waals surface area contributed by atoms with Gasteiger partial charge >= 0.3 is 0 Å². The Kier molecular flexibility index (Phi) is 2.70. The summed E-state index contributed by atoms with van der Waals surface area (Å²) in [6.07, 6.45) is 0. The van der Waals surface area contributed by atoms with E-state index in [-0.39, 0.29) is 5.82 Å². The summed E-state index contributed by atoms with van der Waals surface area (Å²) in [6.45, 7) is 3.79. The molecule has 2 aromatic carbocycles. The van der Waals surface area contributed by atoms with E-state index < -0.39 is 0 Å². The first kappa shape index (κ1) is 12.4. The van der Waals surface area contributed by atoms with Crippen LogP contribution in [0.3, 0.4) is 0 Å². The van der Waals surface area contributed by atoms with Crippen LogP contribution in [0.1, 0.15) is 17.0 Å². The Morgan fingerprint density at radius 1 is 1.19 bits per heavy atom. The van der Waals surface area contributed by atoms with Gasteiger partial charge in [-0.2, -0.15) is 5.10 Å². The molecule has 0 amide bonds. The number of halogens is 1. The van der Waals surface area contributed by atoms with Crippen molar-refractivity contribution in [3.8, 4) is 0 Å². The summed E-state index contributed by atoms with van der Waals surface area (Å²) in [4.78, 5) is 0. The summed E-state index contributed by atoms with van der Waals surface area (Å²) in [5, 5.41) is 8.95. The first-order chi connectivity index (χ1) is 10.2. The zero-order valence-electron chi connectivity index (χ0n) is 11.8. The van der Waals surface area contributed by atoms with E-state index in [1.807, 2.05) is 4.68 Å². The molecule has 1 aliphatic heterocycles. The van der Waals surface area contributed by atoms with E-state index in [4.69, 9.17) is 0 Å². The molecule has 0 saturated heterocycles. The van der Waals surface area contributed by atoms with E-state index in [9.17, 15) is 4.39 Å². The smallest absolute Gasteiger partial charge is 0.132 e. The number of benzene rings is 2. The molecule has 4 heteroatoms. The van der Waals surface area contributed by atoms with Crippen LogP contribution in [0.4, 0.5) is 10.2 Å². The van der Waals surface area contributed by atoms with Crippen molar-refractivity contribution in [1.82, 2.24) is 9.78 Å². The summed E-state index contributed by atoms with van der Waals surface area (Å²) < 4.78 is 15.3. The van der Waals surface area contributed by atoms with Gasteiger partial charge in [0.25, 0.3) is 0 Å². The minimum absolute atomic E-state index is 0.243. The number of hydrogen-bond acceptors (Lipinski definition) is 2. The van der Waals surface area contributed by atoms with Gasteiger partial charge in [0.15, 0.2) is 0 Å². The molecule has 1 unspecified atom stereocenters. The Bertz CT molecular complexity index is 805. The van der Waals surface area contributed by atoms with Gasteiger partial charge in [-0.25, -0.2) is 9.07 Å². The second-order valence-electron chi connectivity index (χ2n) is 5.68. The minimum atomic E-state index is -0.243. The molecule has 0 saturated carbocycles. The number of hydrogen-bond donors (Lipinski definition) is 1. The lowest BCUT2D eigenvalue weighted by Gasteiger charge is -2.25. The molecule has 2 heterocycles. The van der Waals surface area contributed by atoms with Crippen molar-refractivity contribution in [2.75, 3.05) is 11.9 Å². The van der Waals surface area contributed by atoms with Gasteiger partial charge in [-0.15, -0.1) is 0 Å². The zero-order chi connectivity index (χ0) is 14.4. The van der Waals surface area contributed by atoms with E-state index in [1.54, 1.807) is 6.07 Å². The molecule has 0 fully saturated rings. The fourth-order valence-electron chi connectivity index (χ4n) is 2.98. The van der Waals surface area contributed by atoms with Gasteiger partial charge in [-0.3, -0.25) is 0 Å². The van der Waals surface area contributed by atoms with Crippen LogP contribution in [-0.4, -0.2) is 16.3 Å². The van der Waals surface area contributed by atoms with Crippen molar-refractivity contribution in [2.45, 2.75) is 19.4 Å². The molecule has 21 heavy (non-hydrogen) atoms. The maximum atomic E-state index is 13.3. The average molecular weight is 281 g/mol. The molecular weight excluding hydrogens is 265 g/mol. The van der Waals surface area contributed by atoms with Crippen LogP contribution >= 0.6 is 0 Å². The summed E-state index contributed by atoms with van der Waals surface area (Å²) >= 11 is 0. The summed E-state index contributed by atoms with van der Waals surface area (Å²) in [5.41, 5.74) is 3.29. The number of anilines is 1. The third-order valence-electron chi connectivity index (χ3n) is 4.16. The summed E-state index contributed by atoms with van der Waals surface area (Å²) in [6, 6.07) is 13.4. The SMILES string of the molecule is Cc1ccc(C2CNc3c4ccc(F)cc4nn3C2)cc1. The van der Waals surface area contributed by atoms with E-state index in [0.717, 1.165) is 24.3 Å². The Balaban J connectivity index is 1.71.